The standard InChI is InChI=1S/C22H26ClN3O5/c1-26(14-12-16-5-3-2-4-6-16)20(27)15-31-19(22(29)25-30)11-13-24-21(28)17-7-9-18(23)10-8-17/h2-10,19,30H,11-15H2,1H3,(H,24,28)(H,25,29). The molecule has 9 heteroatoms. The van der Waals surface area contributed by atoms with Crippen LogP contribution < -0.4 is 10.8 Å². The number of amides is 3. The van der Waals surface area contributed by atoms with E-state index in [1.54, 1.807) is 31.3 Å². The van der Waals surface area contributed by atoms with Crippen molar-refractivity contribution < 1.29 is 24.3 Å². The molecule has 0 radical (unpaired) electrons. The lowest BCUT2D eigenvalue weighted by atomic mass is 10.1. The lowest BCUT2D eigenvalue weighted by molar-refractivity contribution is -0.147. The van der Waals surface area contributed by atoms with E-state index in [9.17, 15) is 14.4 Å². The predicted octanol–water partition coefficient (Wildman–Crippen LogP) is 2.05. The van der Waals surface area contributed by atoms with E-state index in [0.717, 1.165) is 5.56 Å². The highest BCUT2D eigenvalue weighted by atomic mass is 35.5. The summed E-state index contributed by atoms with van der Waals surface area (Å²) in [6, 6.07) is 16.1. The van der Waals surface area contributed by atoms with E-state index in [1.807, 2.05) is 30.3 Å². The molecule has 1 atom stereocenters. The molecule has 31 heavy (non-hydrogen) atoms. The maximum atomic E-state index is 12.3. The van der Waals surface area contributed by atoms with Crippen LogP contribution in [-0.4, -0.2) is 60.7 Å². The lowest BCUT2D eigenvalue weighted by Gasteiger charge is -2.20. The molecule has 0 aromatic heterocycles. The SMILES string of the molecule is CN(CCc1ccccc1)C(=O)COC(CCNC(=O)c1ccc(Cl)cc1)C(=O)NO. The van der Waals surface area contributed by atoms with E-state index in [1.165, 1.54) is 10.4 Å². The van der Waals surface area contributed by atoms with Crippen LogP contribution >= 0.6 is 11.6 Å². The molecule has 0 aliphatic rings. The van der Waals surface area contributed by atoms with Gasteiger partial charge in [-0.2, -0.15) is 0 Å². The zero-order valence-electron chi connectivity index (χ0n) is 17.2. The van der Waals surface area contributed by atoms with Crippen molar-refractivity contribution in [1.29, 1.82) is 0 Å². The van der Waals surface area contributed by atoms with Gasteiger partial charge in [0.05, 0.1) is 0 Å². The number of rotatable bonds is 11. The summed E-state index contributed by atoms with van der Waals surface area (Å²) in [5.41, 5.74) is 3.05. The van der Waals surface area contributed by atoms with Gasteiger partial charge in [-0.3, -0.25) is 19.6 Å². The smallest absolute Gasteiger partial charge is 0.272 e. The predicted molar refractivity (Wildman–Crippen MR) is 116 cm³/mol. The number of halogens is 1. The van der Waals surface area contributed by atoms with Crippen LogP contribution in [-0.2, 0) is 20.7 Å². The van der Waals surface area contributed by atoms with Gasteiger partial charge in [0.25, 0.3) is 11.8 Å². The second kappa shape index (κ2) is 12.7. The first-order valence-electron chi connectivity index (χ1n) is 9.78. The van der Waals surface area contributed by atoms with Gasteiger partial charge in [0.2, 0.25) is 5.91 Å². The fourth-order valence-electron chi connectivity index (χ4n) is 2.73. The summed E-state index contributed by atoms with van der Waals surface area (Å²) in [6.45, 7) is 0.284. The number of nitrogens with zero attached hydrogens (tertiary/aromatic N) is 1. The van der Waals surface area contributed by atoms with Gasteiger partial charge in [-0.15, -0.1) is 0 Å². The van der Waals surface area contributed by atoms with E-state index in [-0.39, 0.29) is 31.4 Å². The van der Waals surface area contributed by atoms with Gasteiger partial charge in [-0.25, -0.2) is 5.48 Å². The number of hydroxylamine groups is 1. The summed E-state index contributed by atoms with van der Waals surface area (Å²) < 4.78 is 5.40. The monoisotopic (exact) mass is 447 g/mol. The number of benzene rings is 2. The number of ether oxygens (including phenoxy) is 1. The minimum atomic E-state index is -1.10. The molecule has 0 bridgehead atoms. The van der Waals surface area contributed by atoms with Crippen LogP contribution in [0.4, 0.5) is 0 Å². The molecule has 3 amide bonds. The number of hydrogen-bond acceptors (Lipinski definition) is 5. The topological polar surface area (TPSA) is 108 Å². The summed E-state index contributed by atoms with van der Waals surface area (Å²) in [5.74, 6) is -1.42. The van der Waals surface area contributed by atoms with E-state index in [4.69, 9.17) is 21.5 Å². The van der Waals surface area contributed by atoms with Crippen molar-refractivity contribution in [2.75, 3.05) is 26.7 Å². The van der Waals surface area contributed by atoms with Gasteiger partial charge in [-0.05, 0) is 36.2 Å². The summed E-state index contributed by atoms with van der Waals surface area (Å²) in [7, 11) is 1.65. The average molecular weight is 448 g/mol. The molecule has 0 saturated heterocycles. The molecule has 0 aliphatic heterocycles. The largest absolute Gasteiger partial charge is 0.358 e. The quantitative estimate of drug-likeness (QED) is 0.361. The molecule has 0 saturated carbocycles. The third-order valence-corrected chi connectivity index (χ3v) is 4.87. The molecule has 0 spiro atoms. The zero-order valence-corrected chi connectivity index (χ0v) is 18.0. The van der Waals surface area contributed by atoms with Crippen LogP contribution in [0.5, 0.6) is 0 Å². The molecule has 2 aromatic rings. The van der Waals surface area contributed by atoms with Gasteiger partial charge in [-0.1, -0.05) is 41.9 Å². The van der Waals surface area contributed by atoms with Crippen LogP contribution in [0.3, 0.4) is 0 Å². The second-order valence-electron chi connectivity index (χ2n) is 6.88. The Bertz CT molecular complexity index is 861. The Morgan fingerprint density at radius 1 is 1.10 bits per heavy atom. The van der Waals surface area contributed by atoms with Gasteiger partial charge in [0.1, 0.15) is 12.7 Å². The maximum absolute atomic E-state index is 12.3. The van der Waals surface area contributed by atoms with Crippen molar-refractivity contribution in [3.05, 3.63) is 70.7 Å². The van der Waals surface area contributed by atoms with Crippen LogP contribution in [0.2, 0.25) is 5.02 Å². The highest BCUT2D eigenvalue weighted by Gasteiger charge is 2.21. The van der Waals surface area contributed by atoms with E-state index >= 15 is 0 Å². The lowest BCUT2D eigenvalue weighted by Crippen LogP contribution is -2.40. The third-order valence-electron chi connectivity index (χ3n) is 4.61. The Morgan fingerprint density at radius 3 is 2.42 bits per heavy atom. The van der Waals surface area contributed by atoms with Crippen molar-refractivity contribution in [3.8, 4) is 0 Å². The fourth-order valence-corrected chi connectivity index (χ4v) is 2.86. The first kappa shape index (κ1) is 24.3. The Hall–Kier alpha value is -2.94. The van der Waals surface area contributed by atoms with Crippen molar-refractivity contribution in [2.24, 2.45) is 0 Å². The summed E-state index contributed by atoms with van der Waals surface area (Å²) in [5, 5.41) is 12.1. The maximum Gasteiger partial charge on any atom is 0.272 e. The van der Waals surface area contributed by atoms with Crippen LogP contribution in [0.15, 0.2) is 54.6 Å². The Balaban J connectivity index is 1.78. The second-order valence-corrected chi connectivity index (χ2v) is 7.31. The first-order chi connectivity index (χ1) is 14.9. The highest BCUT2D eigenvalue weighted by molar-refractivity contribution is 6.30. The van der Waals surface area contributed by atoms with E-state index in [2.05, 4.69) is 5.32 Å². The summed E-state index contributed by atoms with van der Waals surface area (Å²) >= 11 is 5.80. The molecular formula is C22H26ClN3O5. The normalized spacial score (nSPS) is 11.5. The molecule has 3 N–H and O–H groups in total. The van der Waals surface area contributed by atoms with Gasteiger partial charge in [0, 0.05) is 37.1 Å². The van der Waals surface area contributed by atoms with Crippen molar-refractivity contribution in [2.45, 2.75) is 18.9 Å². The number of carbonyl (C=O) groups excluding carboxylic acids is 3. The highest BCUT2D eigenvalue weighted by Crippen LogP contribution is 2.09. The molecule has 2 aromatic carbocycles. The number of likely N-dealkylation sites (N-methyl/N-ethyl adjacent to an activating group) is 1. The third kappa shape index (κ3) is 8.37. The first-order valence-corrected chi connectivity index (χ1v) is 10.2. The summed E-state index contributed by atoms with van der Waals surface area (Å²) in [6.07, 6.45) is -0.324. The van der Waals surface area contributed by atoms with Crippen molar-refractivity contribution in [1.82, 2.24) is 15.7 Å². The Morgan fingerprint density at radius 2 is 1.77 bits per heavy atom. The Kier molecular flexibility index (Phi) is 9.96. The van der Waals surface area contributed by atoms with Gasteiger partial charge >= 0.3 is 0 Å². The van der Waals surface area contributed by atoms with Gasteiger partial charge < -0.3 is 15.0 Å². The number of nitrogens with one attached hydrogen (secondary N) is 2. The molecule has 2 rings (SSSR count). The minimum absolute atomic E-state index is 0.0761. The Labute approximate surface area is 186 Å². The van der Waals surface area contributed by atoms with Gasteiger partial charge in [0.15, 0.2) is 0 Å². The zero-order chi connectivity index (χ0) is 22.6. The number of carbonyl (C=O) groups is 3. The van der Waals surface area contributed by atoms with E-state index in [0.29, 0.717) is 23.6 Å². The molecule has 1 unspecified atom stereocenters. The molecule has 0 heterocycles. The van der Waals surface area contributed by atoms with Crippen molar-refractivity contribution >= 4 is 29.3 Å². The average Bonchev–Trinajstić information content (AvgIpc) is 2.79. The van der Waals surface area contributed by atoms with Crippen LogP contribution in [0, 0.1) is 0 Å². The van der Waals surface area contributed by atoms with Crippen LogP contribution in [0.25, 0.3) is 0 Å². The number of hydrogen-bond donors (Lipinski definition) is 3. The summed E-state index contributed by atoms with van der Waals surface area (Å²) in [4.78, 5) is 37.8. The molecule has 0 fully saturated rings. The molecule has 8 nitrogen and oxygen atoms in total. The molecule has 0 aliphatic carbocycles. The van der Waals surface area contributed by atoms with Crippen molar-refractivity contribution in [3.63, 3.8) is 0 Å². The van der Waals surface area contributed by atoms with Crippen LogP contribution in [0.1, 0.15) is 22.3 Å². The minimum Gasteiger partial charge on any atom is -0.358 e. The fraction of sp³-hybridized carbons (Fsp3) is 0.318. The molecular weight excluding hydrogens is 422 g/mol. The molecule has 166 valence electrons. The van der Waals surface area contributed by atoms with E-state index < -0.39 is 12.0 Å².